The summed E-state index contributed by atoms with van der Waals surface area (Å²) in [5.74, 6) is -2.16. The van der Waals surface area contributed by atoms with Gasteiger partial charge in [-0.05, 0) is 48.8 Å². The number of carbonyl (C=O) groups excluding carboxylic acids is 2. The van der Waals surface area contributed by atoms with Crippen LogP contribution in [0.3, 0.4) is 0 Å². The maximum absolute atomic E-state index is 13.8. The van der Waals surface area contributed by atoms with Crippen LogP contribution >= 0.6 is 0 Å². The van der Waals surface area contributed by atoms with E-state index >= 15 is 0 Å². The highest BCUT2D eigenvalue weighted by molar-refractivity contribution is 6.11. The van der Waals surface area contributed by atoms with E-state index in [-0.39, 0.29) is 12.4 Å². The van der Waals surface area contributed by atoms with Gasteiger partial charge < -0.3 is 9.47 Å². The van der Waals surface area contributed by atoms with Crippen molar-refractivity contribution in [2.45, 2.75) is 19.3 Å². The summed E-state index contributed by atoms with van der Waals surface area (Å²) in [6.45, 7) is 1.88. The molecule has 5 heteroatoms. The van der Waals surface area contributed by atoms with Crippen molar-refractivity contribution in [3.63, 3.8) is 0 Å². The summed E-state index contributed by atoms with van der Waals surface area (Å²) in [6, 6.07) is 13.4. The van der Waals surface area contributed by atoms with Crippen molar-refractivity contribution in [3.05, 3.63) is 71.6 Å². The van der Waals surface area contributed by atoms with Gasteiger partial charge in [-0.2, -0.15) is 0 Å². The van der Waals surface area contributed by atoms with Crippen molar-refractivity contribution in [1.29, 1.82) is 0 Å². The van der Waals surface area contributed by atoms with Crippen molar-refractivity contribution < 1.29 is 23.5 Å². The monoisotopic (exact) mass is 368 g/mol. The van der Waals surface area contributed by atoms with Gasteiger partial charge in [0.1, 0.15) is 17.5 Å². The number of halogens is 1. The van der Waals surface area contributed by atoms with E-state index in [1.807, 2.05) is 24.3 Å². The Kier molecular flexibility index (Phi) is 5.69. The molecule has 0 spiro atoms. The van der Waals surface area contributed by atoms with Crippen LogP contribution in [0.5, 0.6) is 5.75 Å². The van der Waals surface area contributed by atoms with E-state index < -0.39 is 23.6 Å². The number of rotatable bonds is 5. The number of ketones is 1. The average molecular weight is 368 g/mol. The maximum atomic E-state index is 13.8. The molecule has 4 nitrogen and oxygen atoms in total. The molecule has 0 radical (unpaired) electrons. The fraction of sp³-hybridized carbons (Fsp3) is 0.273. The zero-order valence-electron chi connectivity index (χ0n) is 15.3. The van der Waals surface area contributed by atoms with E-state index in [0.29, 0.717) is 17.7 Å². The molecule has 0 aliphatic heterocycles. The first kappa shape index (κ1) is 18.8. The molecule has 0 heterocycles. The molecule has 2 aromatic carbocycles. The van der Waals surface area contributed by atoms with Crippen molar-refractivity contribution in [3.8, 4) is 5.75 Å². The van der Waals surface area contributed by atoms with Crippen LogP contribution in [0.2, 0.25) is 0 Å². The fourth-order valence-electron chi connectivity index (χ4n) is 3.53. The number of allylic oxidation sites excluding steroid dienone is 2. The molecule has 2 atom stereocenters. The summed E-state index contributed by atoms with van der Waals surface area (Å²) in [7, 11) is 1.56. The first-order valence-electron chi connectivity index (χ1n) is 8.85. The lowest BCUT2D eigenvalue weighted by Crippen LogP contribution is -2.34. The van der Waals surface area contributed by atoms with Gasteiger partial charge in [0, 0.05) is 11.5 Å². The molecule has 0 N–H and O–H groups in total. The number of carbonyl (C=O) groups is 2. The molecule has 3 rings (SSSR count). The minimum Gasteiger partial charge on any atom is -0.496 e. The number of esters is 1. The Bertz CT molecular complexity index is 887. The topological polar surface area (TPSA) is 52.6 Å². The molecule has 0 fully saturated rings. The summed E-state index contributed by atoms with van der Waals surface area (Å²) >= 11 is 0. The Labute approximate surface area is 157 Å². The van der Waals surface area contributed by atoms with E-state index in [2.05, 4.69) is 0 Å². The summed E-state index contributed by atoms with van der Waals surface area (Å²) < 4.78 is 24.3. The van der Waals surface area contributed by atoms with E-state index in [1.165, 1.54) is 18.2 Å². The van der Waals surface area contributed by atoms with Gasteiger partial charge in [0.25, 0.3) is 0 Å². The van der Waals surface area contributed by atoms with E-state index in [4.69, 9.17) is 9.47 Å². The van der Waals surface area contributed by atoms with Crippen LogP contribution in [0, 0.1) is 11.7 Å². The van der Waals surface area contributed by atoms with Crippen LogP contribution in [0.4, 0.5) is 4.39 Å². The first-order chi connectivity index (χ1) is 13.0. The van der Waals surface area contributed by atoms with Crippen molar-refractivity contribution in [1.82, 2.24) is 0 Å². The molecule has 27 heavy (non-hydrogen) atoms. The predicted molar refractivity (Wildman–Crippen MR) is 99.9 cm³/mol. The molecular weight excluding hydrogens is 347 g/mol. The molecule has 2 aromatic rings. The van der Waals surface area contributed by atoms with Crippen molar-refractivity contribution in [2.75, 3.05) is 13.7 Å². The van der Waals surface area contributed by atoms with Gasteiger partial charge in [-0.15, -0.1) is 0 Å². The third-order valence-electron chi connectivity index (χ3n) is 4.74. The second-order valence-corrected chi connectivity index (χ2v) is 6.37. The second kappa shape index (κ2) is 8.16. The molecule has 0 aromatic heterocycles. The van der Waals surface area contributed by atoms with Gasteiger partial charge in [-0.3, -0.25) is 9.59 Å². The Morgan fingerprint density at radius 2 is 1.96 bits per heavy atom. The highest BCUT2D eigenvalue weighted by atomic mass is 19.1. The lowest BCUT2D eigenvalue weighted by molar-refractivity contribution is -0.151. The normalized spacial score (nSPS) is 19.4. The second-order valence-electron chi connectivity index (χ2n) is 6.37. The van der Waals surface area contributed by atoms with E-state index in [9.17, 15) is 14.0 Å². The van der Waals surface area contributed by atoms with Crippen LogP contribution in [0.1, 0.15) is 30.4 Å². The molecule has 1 aliphatic rings. The van der Waals surface area contributed by atoms with Crippen LogP contribution in [-0.2, 0) is 14.3 Å². The molecule has 0 bridgehead atoms. The van der Waals surface area contributed by atoms with Gasteiger partial charge in [0.05, 0.1) is 13.7 Å². The van der Waals surface area contributed by atoms with Gasteiger partial charge in [-0.1, -0.05) is 30.3 Å². The van der Waals surface area contributed by atoms with Crippen LogP contribution in [-0.4, -0.2) is 25.5 Å². The number of benzene rings is 2. The zero-order valence-corrected chi connectivity index (χ0v) is 15.3. The molecule has 1 aliphatic carbocycles. The Hall–Kier alpha value is -2.95. The third kappa shape index (κ3) is 3.92. The Morgan fingerprint density at radius 1 is 1.19 bits per heavy atom. The van der Waals surface area contributed by atoms with Gasteiger partial charge in [-0.25, -0.2) is 4.39 Å². The Balaban J connectivity index is 2.07. The molecular formula is C22H21FO4. The van der Waals surface area contributed by atoms with Crippen LogP contribution < -0.4 is 4.74 Å². The first-order valence-corrected chi connectivity index (χ1v) is 8.85. The average Bonchev–Trinajstić information content (AvgIpc) is 2.67. The standard InChI is InChI=1S/C22H21FO4/c1-3-27-22(25)21-18(14-7-6-8-16(23)11-14)12-15(13-19(21)24)17-9-4-5-10-20(17)26-2/h4-11,13,18,21H,3,12H2,1-2H3/t18-,21+/m1/s1. The summed E-state index contributed by atoms with van der Waals surface area (Å²) in [4.78, 5) is 25.3. The number of hydrogen-bond acceptors (Lipinski definition) is 4. The van der Waals surface area contributed by atoms with Crippen LogP contribution in [0.15, 0.2) is 54.6 Å². The number of hydrogen-bond donors (Lipinski definition) is 0. The molecule has 0 saturated heterocycles. The minimum absolute atomic E-state index is 0.182. The van der Waals surface area contributed by atoms with E-state index in [1.54, 1.807) is 26.2 Å². The van der Waals surface area contributed by atoms with Gasteiger partial charge >= 0.3 is 5.97 Å². The summed E-state index contributed by atoms with van der Waals surface area (Å²) in [6.07, 6.45) is 1.88. The third-order valence-corrected chi connectivity index (χ3v) is 4.74. The van der Waals surface area contributed by atoms with Crippen LogP contribution in [0.25, 0.3) is 5.57 Å². The molecule has 140 valence electrons. The lowest BCUT2D eigenvalue weighted by Gasteiger charge is -2.30. The quantitative estimate of drug-likeness (QED) is 0.588. The predicted octanol–water partition coefficient (Wildman–Crippen LogP) is 4.15. The van der Waals surface area contributed by atoms with Gasteiger partial charge in [0.15, 0.2) is 5.78 Å². The highest BCUT2D eigenvalue weighted by Crippen LogP contribution is 2.42. The Morgan fingerprint density at radius 3 is 2.67 bits per heavy atom. The molecule has 0 amide bonds. The zero-order chi connectivity index (χ0) is 19.4. The van der Waals surface area contributed by atoms with Crippen molar-refractivity contribution in [2.24, 2.45) is 5.92 Å². The van der Waals surface area contributed by atoms with E-state index in [0.717, 1.165) is 11.1 Å². The largest absolute Gasteiger partial charge is 0.496 e. The SMILES string of the molecule is CCOC(=O)[C@@H]1C(=O)C=C(c2ccccc2OC)C[C@@H]1c1cccc(F)c1. The highest BCUT2D eigenvalue weighted by Gasteiger charge is 2.40. The van der Waals surface area contributed by atoms with Crippen molar-refractivity contribution >= 4 is 17.3 Å². The number of para-hydroxylation sites is 1. The maximum Gasteiger partial charge on any atom is 0.317 e. The molecule has 0 unspecified atom stereocenters. The minimum atomic E-state index is -0.981. The fourth-order valence-corrected chi connectivity index (χ4v) is 3.53. The number of methoxy groups -OCH3 is 1. The number of ether oxygens (including phenoxy) is 2. The molecule has 0 saturated carbocycles. The smallest absolute Gasteiger partial charge is 0.317 e. The lowest BCUT2D eigenvalue weighted by atomic mass is 9.73. The summed E-state index contributed by atoms with van der Waals surface area (Å²) in [5.41, 5.74) is 2.14. The van der Waals surface area contributed by atoms with Gasteiger partial charge in [0.2, 0.25) is 0 Å². The summed E-state index contributed by atoms with van der Waals surface area (Å²) in [5, 5.41) is 0.